The van der Waals surface area contributed by atoms with Crippen LogP contribution >= 0.6 is 11.6 Å². The molecule has 0 aliphatic heterocycles. The van der Waals surface area contributed by atoms with Gasteiger partial charge < -0.3 is 5.32 Å². The lowest BCUT2D eigenvalue weighted by atomic mass is 10.1. The van der Waals surface area contributed by atoms with Crippen LogP contribution in [0.4, 0.5) is 11.4 Å². The number of pyridine rings is 1. The second-order valence-electron chi connectivity index (χ2n) is 6.84. The molecule has 3 aromatic carbocycles. The van der Waals surface area contributed by atoms with Crippen molar-refractivity contribution in [3.63, 3.8) is 0 Å². The molecule has 8 heteroatoms. The summed E-state index contributed by atoms with van der Waals surface area (Å²) in [5.41, 5.74) is 1.98. The first-order valence-electron chi connectivity index (χ1n) is 9.35. The van der Waals surface area contributed by atoms with Gasteiger partial charge in [-0.3, -0.25) is 14.1 Å². The third-order valence-corrected chi connectivity index (χ3v) is 6.84. The Morgan fingerprint density at radius 3 is 2.52 bits per heavy atom. The minimum Gasteiger partial charge on any atom is -0.322 e. The molecule has 0 radical (unpaired) electrons. The lowest BCUT2D eigenvalue weighted by Crippen LogP contribution is -2.26. The second kappa shape index (κ2) is 8.37. The van der Waals surface area contributed by atoms with Gasteiger partial charge in [0.25, 0.3) is 15.9 Å². The van der Waals surface area contributed by atoms with Gasteiger partial charge in [0.1, 0.15) is 0 Å². The maximum Gasteiger partial charge on any atom is 0.264 e. The van der Waals surface area contributed by atoms with Crippen molar-refractivity contribution in [3.05, 3.63) is 95.6 Å². The normalized spacial score (nSPS) is 11.3. The number of benzene rings is 3. The predicted molar refractivity (Wildman–Crippen MR) is 123 cm³/mol. The Labute approximate surface area is 185 Å². The standard InChI is InChI=1S/C23H18ClN3O3S/c1-27(20-11-9-18(24)10-12-20)31(29,30)21-6-2-5-19(15-21)26-23(28)17-8-7-16-4-3-13-25-22(16)14-17/h2-15H,1H3,(H,26,28). The van der Waals surface area contributed by atoms with Crippen LogP contribution in [0, 0.1) is 0 Å². The van der Waals surface area contributed by atoms with Gasteiger partial charge in [-0.05, 0) is 60.7 Å². The van der Waals surface area contributed by atoms with E-state index in [1.165, 1.54) is 23.5 Å². The van der Waals surface area contributed by atoms with E-state index in [0.29, 0.717) is 27.5 Å². The van der Waals surface area contributed by atoms with Gasteiger partial charge in [-0.2, -0.15) is 0 Å². The lowest BCUT2D eigenvalue weighted by molar-refractivity contribution is 0.102. The first-order valence-corrected chi connectivity index (χ1v) is 11.2. The van der Waals surface area contributed by atoms with E-state index in [0.717, 1.165) is 5.39 Å². The lowest BCUT2D eigenvalue weighted by Gasteiger charge is -2.20. The fourth-order valence-corrected chi connectivity index (χ4v) is 4.46. The van der Waals surface area contributed by atoms with Crippen molar-refractivity contribution < 1.29 is 13.2 Å². The smallest absolute Gasteiger partial charge is 0.264 e. The quantitative estimate of drug-likeness (QED) is 0.464. The van der Waals surface area contributed by atoms with Crippen molar-refractivity contribution in [1.82, 2.24) is 4.98 Å². The SMILES string of the molecule is CN(c1ccc(Cl)cc1)S(=O)(=O)c1cccc(NC(=O)c2ccc3cccnc3c2)c1. The Kier molecular flexibility index (Phi) is 5.63. The first kappa shape index (κ1) is 20.8. The molecule has 0 unspecified atom stereocenters. The highest BCUT2D eigenvalue weighted by atomic mass is 35.5. The molecule has 0 saturated heterocycles. The maximum absolute atomic E-state index is 13.0. The van der Waals surface area contributed by atoms with Gasteiger partial charge in [-0.1, -0.05) is 29.8 Å². The number of sulfonamides is 1. The van der Waals surface area contributed by atoms with E-state index in [1.807, 2.05) is 18.2 Å². The number of halogens is 1. The number of anilines is 2. The van der Waals surface area contributed by atoms with Crippen molar-refractivity contribution in [2.24, 2.45) is 0 Å². The number of amides is 1. The van der Waals surface area contributed by atoms with Crippen LogP contribution in [0.3, 0.4) is 0 Å². The van der Waals surface area contributed by atoms with E-state index in [4.69, 9.17) is 11.6 Å². The molecule has 1 aromatic heterocycles. The van der Waals surface area contributed by atoms with Gasteiger partial charge in [0, 0.05) is 34.9 Å². The summed E-state index contributed by atoms with van der Waals surface area (Å²) >= 11 is 5.89. The summed E-state index contributed by atoms with van der Waals surface area (Å²) in [7, 11) is -2.36. The molecular formula is C23H18ClN3O3S. The second-order valence-corrected chi connectivity index (χ2v) is 9.25. The van der Waals surface area contributed by atoms with Crippen molar-refractivity contribution >= 4 is 49.8 Å². The molecule has 1 heterocycles. The predicted octanol–water partition coefficient (Wildman–Crippen LogP) is 4.97. The summed E-state index contributed by atoms with van der Waals surface area (Å²) in [5.74, 6) is -0.354. The molecule has 0 aliphatic carbocycles. The Balaban J connectivity index is 1.58. The number of fused-ring (bicyclic) bond motifs is 1. The highest BCUT2D eigenvalue weighted by Crippen LogP contribution is 2.25. The van der Waals surface area contributed by atoms with E-state index >= 15 is 0 Å². The molecule has 0 fully saturated rings. The molecule has 6 nitrogen and oxygen atoms in total. The zero-order chi connectivity index (χ0) is 22.0. The summed E-state index contributed by atoms with van der Waals surface area (Å²) < 4.78 is 27.3. The van der Waals surface area contributed by atoms with Gasteiger partial charge in [-0.15, -0.1) is 0 Å². The van der Waals surface area contributed by atoms with Crippen LogP contribution in [-0.2, 0) is 10.0 Å². The monoisotopic (exact) mass is 451 g/mol. The van der Waals surface area contributed by atoms with Gasteiger partial charge in [0.05, 0.1) is 16.1 Å². The molecular weight excluding hydrogens is 434 g/mol. The number of aromatic nitrogens is 1. The van der Waals surface area contributed by atoms with E-state index < -0.39 is 10.0 Å². The number of hydrogen-bond donors (Lipinski definition) is 1. The summed E-state index contributed by atoms with van der Waals surface area (Å²) in [6.45, 7) is 0. The van der Waals surface area contributed by atoms with Crippen LogP contribution in [0.15, 0.2) is 90.0 Å². The summed E-state index contributed by atoms with van der Waals surface area (Å²) in [6.07, 6.45) is 1.66. The van der Waals surface area contributed by atoms with Crippen LogP contribution < -0.4 is 9.62 Å². The van der Waals surface area contributed by atoms with Crippen molar-refractivity contribution in [1.29, 1.82) is 0 Å². The summed E-state index contributed by atoms with van der Waals surface area (Å²) in [6, 6.07) is 21.6. The Hall–Kier alpha value is -3.42. The van der Waals surface area contributed by atoms with Gasteiger partial charge in [-0.25, -0.2) is 8.42 Å². The number of carbonyl (C=O) groups is 1. The first-order chi connectivity index (χ1) is 14.8. The zero-order valence-electron chi connectivity index (χ0n) is 16.5. The molecule has 1 amide bonds. The van der Waals surface area contributed by atoms with Crippen LogP contribution in [0.5, 0.6) is 0 Å². The molecule has 0 atom stereocenters. The Morgan fingerprint density at radius 2 is 1.74 bits per heavy atom. The summed E-state index contributed by atoms with van der Waals surface area (Å²) in [4.78, 5) is 17.0. The minimum atomic E-state index is -3.83. The number of nitrogens with zero attached hydrogens (tertiary/aromatic N) is 2. The van der Waals surface area contributed by atoms with Crippen LogP contribution in [0.1, 0.15) is 10.4 Å². The van der Waals surface area contributed by atoms with E-state index in [2.05, 4.69) is 10.3 Å². The highest BCUT2D eigenvalue weighted by molar-refractivity contribution is 7.92. The summed E-state index contributed by atoms with van der Waals surface area (Å²) in [5, 5.41) is 4.20. The number of carbonyl (C=O) groups excluding carboxylic acids is 1. The van der Waals surface area contributed by atoms with Crippen molar-refractivity contribution in [3.8, 4) is 0 Å². The largest absolute Gasteiger partial charge is 0.322 e. The topological polar surface area (TPSA) is 79.4 Å². The average molecular weight is 452 g/mol. The molecule has 156 valence electrons. The van der Waals surface area contributed by atoms with Crippen LogP contribution in [-0.4, -0.2) is 26.4 Å². The zero-order valence-corrected chi connectivity index (χ0v) is 18.1. The fourth-order valence-electron chi connectivity index (χ4n) is 3.09. The van der Waals surface area contributed by atoms with Gasteiger partial charge >= 0.3 is 0 Å². The highest BCUT2D eigenvalue weighted by Gasteiger charge is 2.22. The van der Waals surface area contributed by atoms with Crippen molar-refractivity contribution in [2.45, 2.75) is 4.90 Å². The molecule has 4 rings (SSSR count). The molecule has 0 bridgehead atoms. The van der Waals surface area contributed by atoms with E-state index in [9.17, 15) is 13.2 Å². The maximum atomic E-state index is 13.0. The van der Waals surface area contributed by atoms with Crippen LogP contribution in [0.2, 0.25) is 5.02 Å². The molecule has 0 spiro atoms. The fraction of sp³-hybridized carbons (Fsp3) is 0.0435. The van der Waals surface area contributed by atoms with E-state index in [1.54, 1.807) is 54.7 Å². The average Bonchev–Trinajstić information content (AvgIpc) is 2.79. The Bertz CT molecular complexity index is 1370. The van der Waals surface area contributed by atoms with Gasteiger partial charge in [0.2, 0.25) is 0 Å². The number of rotatable bonds is 5. The molecule has 4 aromatic rings. The number of hydrogen-bond acceptors (Lipinski definition) is 4. The molecule has 0 aliphatic rings. The van der Waals surface area contributed by atoms with E-state index in [-0.39, 0.29) is 10.8 Å². The molecule has 0 saturated carbocycles. The minimum absolute atomic E-state index is 0.0583. The number of nitrogens with one attached hydrogen (secondary N) is 1. The molecule has 31 heavy (non-hydrogen) atoms. The molecule has 1 N–H and O–H groups in total. The third kappa shape index (κ3) is 4.38. The third-order valence-electron chi connectivity index (χ3n) is 4.81. The van der Waals surface area contributed by atoms with Crippen molar-refractivity contribution in [2.75, 3.05) is 16.7 Å². The van der Waals surface area contributed by atoms with Crippen LogP contribution in [0.25, 0.3) is 10.9 Å². The Morgan fingerprint density at radius 1 is 0.968 bits per heavy atom. The van der Waals surface area contributed by atoms with Gasteiger partial charge in [0.15, 0.2) is 0 Å².